The molecule has 0 aliphatic heterocycles. The van der Waals surface area contributed by atoms with Crippen LogP contribution >= 0.6 is 11.3 Å². The molecule has 5 rings (SSSR count). The molecule has 0 atom stereocenters. The third kappa shape index (κ3) is 3.58. The Bertz CT molecular complexity index is 1280. The first-order chi connectivity index (χ1) is 14.8. The maximum absolute atomic E-state index is 13.1. The van der Waals surface area contributed by atoms with Crippen LogP contribution < -0.4 is 5.32 Å². The fourth-order valence-corrected chi connectivity index (χ4v) is 4.12. The monoisotopic (exact) mass is 411 g/mol. The molecule has 1 N–H and O–H groups in total. The molecule has 1 amide bonds. The molecule has 30 heavy (non-hydrogen) atoms. The number of pyridine rings is 1. The van der Waals surface area contributed by atoms with Crippen molar-refractivity contribution >= 4 is 27.5 Å². The maximum atomic E-state index is 13.1. The first kappa shape index (κ1) is 18.2. The van der Waals surface area contributed by atoms with Gasteiger partial charge in [0.15, 0.2) is 0 Å². The molecule has 3 aromatic heterocycles. The summed E-state index contributed by atoms with van der Waals surface area (Å²) < 4.78 is 2.82. The molecule has 2 aromatic carbocycles. The maximum Gasteiger partial charge on any atom is 0.255 e. The van der Waals surface area contributed by atoms with E-state index in [0.717, 1.165) is 26.5 Å². The van der Waals surface area contributed by atoms with Crippen LogP contribution in [0.5, 0.6) is 0 Å². The van der Waals surface area contributed by atoms with E-state index in [1.807, 2.05) is 66.7 Å². The number of thiazole rings is 1. The molecule has 146 valence electrons. The Hall–Kier alpha value is -3.84. The summed E-state index contributed by atoms with van der Waals surface area (Å²) in [4.78, 5) is 21.8. The second kappa shape index (κ2) is 7.88. The minimum Gasteiger partial charge on any atom is -0.345 e. The number of nitrogens with one attached hydrogen (secondary N) is 1. The molecule has 6 nitrogen and oxygen atoms in total. The number of amides is 1. The van der Waals surface area contributed by atoms with Gasteiger partial charge in [-0.25, -0.2) is 9.67 Å². The molecule has 5 aromatic rings. The number of carbonyl (C=O) groups excluding carboxylic acids is 1. The van der Waals surface area contributed by atoms with E-state index in [4.69, 9.17) is 0 Å². The minimum absolute atomic E-state index is 0.199. The second-order valence-corrected chi connectivity index (χ2v) is 7.79. The molecule has 0 saturated carbocycles. The zero-order valence-corrected chi connectivity index (χ0v) is 16.7. The topological polar surface area (TPSA) is 72.7 Å². The summed E-state index contributed by atoms with van der Waals surface area (Å²) >= 11 is 1.58. The van der Waals surface area contributed by atoms with E-state index < -0.39 is 0 Å². The van der Waals surface area contributed by atoms with Crippen LogP contribution in [0.25, 0.3) is 27.2 Å². The molecule has 0 radical (unpaired) electrons. The minimum atomic E-state index is -0.199. The van der Waals surface area contributed by atoms with Crippen LogP contribution in [-0.2, 0) is 6.54 Å². The summed E-state index contributed by atoms with van der Waals surface area (Å²) in [6.07, 6.45) is 5.16. The zero-order chi connectivity index (χ0) is 20.3. The largest absolute Gasteiger partial charge is 0.345 e. The molecule has 0 spiro atoms. The van der Waals surface area contributed by atoms with Crippen molar-refractivity contribution in [3.05, 3.63) is 95.9 Å². The van der Waals surface area contributed by atoms with Gasteiger partial charge in [-0.05, 0) is 36.4 Å². The first-order valence-corrected chi connectivity index (χ1v) is 10.3. The third-order valence-electron chi connectivity index (χ3n) is 4.65. The third-order valence-corrected chi connectivity index (χ3v) is 5.69. The number of hydrogen-bond donors (Lipinski definition) is 1. The van der Waals surface area contributed by atoms with Crippen LogP contribution in [0.3, 0.4) is 0 Å². The summed E-state index contributed by atoms with van der Waals surface area (Å²) in [7, 11) is 0. The molecular formula is C23H17N5OS. The van der Waals surface area contributed by atoms with Gasteiger partial charge in [-0.2, -0.15) is 5.10 Å². The van der Waals surface area contributed by atoms with Crippen LogP contribution in [0, 0.1) is 0 Å². The fraction of sp³-hybridized carbons (Fsp3) is 0.0435. The average molecular weight is 411 g/mol. The van der Waals surface area contributed by atoms with Crippen molar-refractivity contribution in [2.75, 3.05) is 0 Å². The average Bonchev–Trinajstić information content (AvgIpc) is 3.43. The van der Waals surface area contributed by atoms with Gasteiger partial charge < -0.3 is 5.32 Å². The number of hydrogen-bond acceptors (Lipinski definition) is 5. The zero-order valence-electron chi connectivity index (χ0n) is 15.9. The Morgan fingerprint density at radius 1 is 1.00 bits per heavy atom. The summed E-state index contributed by atoms with van der Waals surface area (Å²) in [6.45, 7) is 0.362. The predicted molar refractivity (Wildman–Crippen MR) is 118 cm³/mol. The Labute approximate surface area is 176 Å². The SMILES string of the molecule is O=C(NCc1nc2ccccc2s1)c1cn(-c2ccccc2)nc1-c1cccnc1. The van der Waals surface area contributed by atoms with Crippen LogP contribution in [0.15, 0.2) is 85.3 Å². The van der Waals surface area contributed by atoms with E-state index in [1.165, 1.54) is 0 Å². The summed E-state index contributed by atoms with van der Waals surface area (Å²) in [5.74, 6) is -0.199. The highest BCUT2D eigenvalue weighted by molar-refractivity contribution is 7.18. The van der Waals surface area contributed by atoms with Crippen molar-refractivity contribution in [2.45, 2.75) is 6.54 Å². The number of rotatable bonds is 5. The molecule has 0 aliphatic rings. The smallest absolute Gasteiger partial charge is 0.255 e. The van der Waals surface area contributed by atoms with Gasteiger partial charge in [0.1, 0.15) is 10.7 Å². The van der Waals surface area contributed by atoms with Crippen molar-refractivity contribution in [2.24, 2.45) is 0 Å². The van der Waals surface area contributed by atoms with Gasteiger partial charge in [-0.1, -0.05) is 30.3 Å². The number of nitrogens with zero attached hydrogens (tertiary/aromatic N) is 4. The van der Waals surface area contributed by atoms with E-state index in [1.54, 1.807) is 34.6 Å². The highest BCUT2D eigenvalue weighted by atomic mass is 32.1. The summed E-state index contributed by atoms with van der Waals surface area (Å²) in [5.41, 5.74) is 3.70. The molecule has 0 saturated heterocycles. The van der Waals surface area contributed by atoms with Crippen molar-refractivity contribution in [3.8, 4) is 16.9 Å². The van der Waals surface area contributed by atoms with Crippen LogP contribution in [0.1, 0.15) is 15.4 Å². The van der Waals surface area contributed by atoms with Gasteiger partial charge in [0, 0.05) is 24.2 Å². The Kier molecular flexibility index (Phi) is 4.78. The lowest BCUT2D eigenvalue weighted by molar-refractivity contribution is 0.0951. The molecule has 0 bridgehead atoms. The van der Waals surface area contributed by atoms with Gasteiger partial charge >= 0.3 is 0 Å². The lowest BCUT2D eigenvalue weighted by atomic mass is 10.1. The summed E-state index contributed by atoms with van der Waals surface area (Å²) in [5, 5.41) is 8.51. The van der Waals surface area contributed by atoms with Gasteiger partial charge in [0.25, 0.3) is 5.91 Å². The van der Waals surface area contributed by atoms with E-state index in [9.17, 15) is 4.79 Å². The van der Waals surface area contributed by atoms with Gasteiger partial charge in [0.05, 0.1) is 28.0 Å². The Morgan fingerprint density at radius 2 is 1.83 bits per heavy atom. The molecular weight excluding hydrogens is 394 g/mol. The van der Waals surface area contributed by atoms with E-state index in [-0.39, 0.29) is 5.91 Å². The van der Waals surface area contributed by atoms with E-state index >= 15 is 0 Å². The van der Waals surface area contributed by atoms with Crippen molar-refractivity contribution < 1.29 is 4.79 Å². The quantitative estimate of drug-likeness (QED) is 0.463. The highest BCUT2D eigenvalue weighted by Crippen LogP contribution is 2.24. The number of benzene rings is 2. The van der Waals surface area contributed by atoms with E-state index in [0.29, 0.717) is 17.8 Å². The number of fused-ring (bicyclic) bond motifs is 1. The van der Waals surface area contributed by atoms with Crippen LogP contribution in [-0.4, -0.2) is 25.7 Å². The first-order valence-electron chi connectivity index (χ1n) is 9.46. The van der Waals surface area contributed by atoms with Crippen LogP contribution in [0.4, 0.5) is 0 Å². The van der Waals surface area contributed by atoms with Gasteiger partial charge in [-0.3, -0.25) is 9.78 Å². The van der Waals surface area contributed by atoms with Crippen molar-refractivity contribution in [1.82, 2.24) is 25.1 Å². The lowest BCUT2D eigenvalue weighted by Gasteiger charge is -2.03. The number of carbonyl (C=O) groups is 1. The molecule has 0 unspecified atom stereocenters. The Balaban J connectivity index is 1.45. The van der Waals surface area contributed by atoms with Gasteiger partial charge in [-0.15, -0.1) is 11.3 Å². The predicted octanol–water partition coefficient (Wildman–Crippen LogP) is 4.47. The lowest BCUT2D eigenvalue weighted by Crippen LogP contribution is -2.22. The highest BCUT2D eigenvalue weighted by Gasteiger charge is 2.19. The molecule has 0 aliphatic carbocycles. The molecule has 3 heterocycles. The molecule has 7 heteroatoms. The van der Waals surface area contributed by atoms with Gasteiger partial charge in [0.2, 0.25) is 0 Å². The van der Waals surface area contributed by atoms with Crippen molar-refractivity contribution in [1.29, 1.82) is 0 Å². The number of aromatic nitrogens is 4. The normalized spacial score (nSPS) is 10.9. The number of para-hydroxylation sites is 2. The molecule has 0 fully saturated rings. The summed E-state index contributed by atoms with van der Waals surface area (Å²) in [6, 6.07) is 21.4. The Morgan fingerprint density at radius 3 is 2.63 bits per heavy atom. The second-order valence-electron chi connectivity index (χ2n) is 6.67. The van der Waals surface area contributed by atoms with Crippen LogP contribution in [0.2, 0.25) is 0 Å². The standard InChI is InChI=1S/C23H17N5OS/c29-23(25-14-21-26-19-10-4-5-11-20(19)30-21)18-15-28(17-8-2-1-3-9-17)27-22(18)16-7-6-12-24-13-16/h1-13,15H,14H2,(H,25,29). The van der Waals surface area contributed by atoms with Crippen molar-refractivity contribution in [3.63, 3.8) is 0 Å². The fourth-order valence-electron chi connectivity index (χ4n) is 3.22. The van der Waals surface area contributed by atoms with E-state index in [2.05, 4.69) is 20.4 Å².